The zero-order valence-electron chi connectivity index (χ0n) is 16.3. The average molecular weight is 421 g/mol. The highest BCUT2D eigenvalue weighted by molar-refractivity contribution is 7.99. The summed E-state index contributed by atoms with van der Waals surface area (Å²) < 4.78 is 1.73. The Hall–Kier alpha value is -2.59. The molecule has 28 heavy (non-hydrogen) atoms. The number of fused-ring (bicyclic) bond motifs is 1. The van der Waals surface area contributed by atoms with Crippen molar-refractivity contribution in [2.24, 2.45) is 0 Å². The summed E-state index contributed by atoms with van der Waals surface area (Å²) in [5.74, 6) is 1.59. The maximum atomic E-state index is 12.3. The first-order valence-corrected chi connectivity index (χ1v) is 9.79. The lowest BCUT2D eigenvalue weighted by atomic mass is 10.2. The number of hydrogen-bond acceptors (Lipinski definition) is 8. The number of aryl methyl sites for hydroxylation is 1. The number of nitrogens with zero attached hydrogens (tertiary/aromatic N) is 7. The molecular formula is C17H21ClN8OS. The normalized spacial score (nSPS) is 10.9. The highest BCUT2D eigenvalue weighted by Crippen LogP contribution is 2.24. The fourth-order valence-electron chi connectivity index (χ4n) is 2.35. The van der Waals surface area contributed by atoms with Gasteiger partial charge in [-0.3, -0.25) is 4.79 Å². The Morgan fingerprint density at radius 1 is 1.18 bits per heavy atom. The van der Waals surface area contributed by atoms with E-state index >= 15 is 0 Å². The van der Waals surface area contributed by atoms with Crippen molar-refractivity contribution in [3.63, 3.8) is 0 Å². The van der Waals surface area contributed by atoms with Crippen molar-refractivity contribution >= 4 is 52.6 Å². The molecule has 1 N–H and O–H groups in total. The summed E-state index contributed by atoms with van der Waals surface area (Å²) in [5, 5.41) is 12.3. The van der Waals surface area contributed by atoms with Gasteiger partial charge in [-0.05, 0) is 24.6 Å². The molecule has 0 radical (unpaired) electrons. The van der Waals surface area contributed by atoms with Crippen LogP contribution in [0.3, 0.4) is 0 Å². The van der Waals surface area contributed by atoms with Crippen molar-refractivity contribution in [2.45, 2.75) is 12.1 Å². The fourth-order valence-corrected chi connectivity index (χ4v) is 3.26. The van der Waals surface area contributed by atoms with Crippen molar-refractivity contribution in [3.05, 3.63) is 28.8 Å². The molecule has 0 spiro atoms. The molecule has 2 heterocycles. The van der Waals surface area contributed by atoms with Crippen LogP contribution in [0.15, 0.2) is 23.4 Å². The lowest BCUT2D eigenvalue weighted by molar-refractivity contribution is -0.113. The maximum Gasteiger partial charge on any atom is 0.261 e. The van der Waals surface area contributed by atoms with Crippen LogP contribution in [0.2, 0.25) is 5.02 Å². The Morgan fingerprint density at radius 2 is 1.93 bits per heavy atom. The number of carbonyl (C=O) groups is 1. The molecular weight excluding hydrogens is 400 g/mol. The van der Waals surface area contributed by atoms with E-state index in [1.54, 1.807) is 15.4 Å². The SMILES string of the molecule is Cc1ccc(NC(=O)CSc2nnc3nc(N(C)C)nc(N(C)C)n23)cc1Cl. The van der Waals surface area contributed by atoms with E-state index in [1.165, 1.54) is 11.8 Å². The van der Waals surface area contributed by atoms with Crippen LogP contribution in [-0.2, 0) is 4.79 Å². The standard InChI is InChI=1S/C17H21ClN8OS/c1-10-6-7-11(8-12(10)18)19-13(27)9-28-17-23-22-15-20-14(24(2)3)21-16(25(4)5)26(15)17/h6-8H,9H2,1-5H3,(H,19,27). The van der Waals surface area contributed by atoms with E-state index in [9.17, 15) is 4.79 Å². The number of amides is 1. The number of thioether (sulfide) groups is 1. The second kappa shape index (κ2) is 8.19. The van der Waals surface area contributed by atoms with Crippen LogP contribution in [0.1, 0.15) is 5.56 Å². The maximum absolute atomic E-state index is 12.3. The quantitative estimate of drug-likeness (QED) is 0.607. The third-order valence-corrected chi connectivity index (χ3v) is 5.14. The number of hydrogen-bond donors (Lipinski definition) is 1. The molecule has 9 nitrogen and oxygen atoms in total. The van der Waals surface area contributed by atoms with Gasteiger partial charge in [0.15, 0.2) is 5.16 Å². The van der Waals surface area contributed by atoms with Crippen LogP contribution in [0, 0.1) is 6.92 Å². The van der Waals surface area contributed by atoms with E-state index in [2.05, 4.69) is 25.5 Å². The van der Waals surface area contributed by atoms with Crippen LogP contribution in [-0.4, -0.2) is 64.4 Å². The smallest absolute Gasteiger partial charge is 0.261 e. The molecule has 0 aliphatic carbocycles. The minimum Gasteiger partial charge on any atom is -0.348 e. The van der Waals surface area contributed by atoms with Crippen LogP contribution in [0.4, 0.5) is 17.6 Å². The monoisotopic (exact) mass is 420 g/mol. The topological polar surface area (TPSA) is 91.5 Å². The molecule has 148 valence electrons. The summed E-state index contributed by atoms with van der Waals surface area (Å²) in [6.45, 7) is 1.91. The highest BCUT2D eigenvalue weighted by atomic mass is 35.5. The van der Waals surface area contributed by atoms with Gasteiger partial charge in [0.25, 0.3) is 5.78 Å². The van der Waals surface area contributed by atoms with Crippen LogP contribution in [0.5, 0.6) is 0 Å². The van der Waals surface area contributed by atoms with E-state index < -0.39 is 0 Å². The molecule has 0 saturated carbocycles. The van der Waals surface area contributed by atoms with Gasteiger partial charge in [0, 0.05) is 38.9 Å². The van der Waals surface area contributed by atoms with E-state index in [0.29, 0.717) is 33.5 Å². The lowest BCUT2D eigenvalue weighted by Crippen LogP contribution is -2.20. The van der Waals surface area contributed by atoms with Crippen molar-refractivity contribution in [2.75, 3.05) is 49.1 Å². The van der Waals surface area contributed by atoms with Crippen LogP contribution in [0.25, 0.3) is 5.78 Å². The van der Waals surface area contributed by atoms with Gasteiger partial charge in [-0.15, -0.1) is 10.2 Å². The largest absolute Gasteiger partial charge is 0.348 e. The number of benzene rings is 1. The molecule has 11 heteroatoms. The third kappa shape index (κ3) is 4.28. The number of anilines is 3. The van der Waals surface area contributed by atoms with E-state index in [-0.39, 0.29) is 11.7 Å². The van der Waals surface area contributed by atoms with Gasteiger partial charge in [0.2, 0.25) is 17.8 Å². The molecule has 2 aromatic heterocycles. The molecule has 1 aromatic carbocycles. The number of aromatic nitrogens is 5. The highest BCUT2D eigenvalue weighted by Gasteiger charge is 2.18. The Labute approximate surface area is 172 Å². The lowest BCUT2D eigenvalue weighted by Gasteiger charge is -2.17. The average Bonchev–Trinajstić information content (AvgIpc) is 3.05. The summed E-state index contributed by atoms with van der Waals surface area (Å²) in [7, 11) is 7.48. The molecule has 1 amide bonds. The molecule has 0 bridgehead atoms. The molecule has 0 unspecified atom stereocenters. The second-order valence-corrected chi connectivity index (χ2v) is 7.88. The zero-order valence-corrected chi connectivity index (χ0v) is 17.8. The van der Waals surface area contributed by atoms with Crippen LogP contribution < -0.4 is 15.1 Å². The van der Waals surface area contributed by atoms with Gasteiger partial charge in [-0.2, -0.15) is 9.97 Å². The minimum atomic E-state index is -0.168. The minimum absolute atomic E-state index is 0.161. The predicted molar refractivity (Wildman–Crippen MR) is 113 cm³/mol. The molecule has 0 aliphatic heterocycles. The first-order chi connectivity index (χ1) is 13.3. The Balaban J connectivity index is 1.78. The van der Waals surface area contributed by atoms with Crippen molar-refractivity contribution in [3.8, 4) is 0 Å². The molecule has 0 saturated heterocycles. The fraction of sp³-hybridized carbons (Fsp3) is 0.353. The summed E-state index contributed by atoms with van der Waals surface area (Å²) in [6.07, 6.45) is 0. The van der Waals surface area contributed by atoms with Crippen LogP contribution >= 0.6 is 23.4 Å². The Morgan fingerprint density at radius 3 is 2.57 bits per heavy atom. The molecule has 3 rings (SSSR count). The summed E-state index contributed by atoms with van der Waals surface area (Å²) in [4.78, 5) is 24.9. The summed E-state index contributed by atoms with van der Waals surface area (Å²) >= 11 is 7.36. The first kappa shape index (κ1) is 20.2. The first-order valence-electron chi connectivity index (χ1n) is 8.43. The van der Waals surface area contributed by atoms with Gasteiger partial charge >= 0.3 is 0 Å². The Bertz CT molecular complexity index is 1020. The number of carbonyl (C=O) groups excluding carboxylic acids is 1. The molecule has 0 aliphatic rings. The van der Waals surface area contributed by atoms with E-state index in [1.807, 2.05) is 52.1 Å². The number of nitrogens with one attached hydrogen (secondary N) is 1. The third-order valence-electron chi connectivity index (χ3n) is 3.80. The summed E-state index contributed by atoms with van der Waals surface area (Å²) in [6, 6.07) is 5.41. The predicted octanol–water partition coefficient (Wildman–Crippen LogP) is 2.34. The van der Waals surface area contributed by atoms with Gasteiger partial charge < -0.3 is 15.1 Å². The van der Waals surface area contributed by atoms with Crippen molar-refractivity contribution < 1.29 is 4.79 Å². The zero-order chi connectivity index (χ0) is 20.4. The van der Waals surface area contributed by atoms with Crippen molar-refractivity contribution in [1.82, 2.24) is 24.6 Å². The van der Waals surface area contributed by atoms with E-state index in [0.717, 1.165) is 5.56 Å². The van der Waals surface area contributed by atoms with Gasteiger partial charge in [-0.1, -0.05) is 29.4 Å². The van der Waals surface area contributed by atoms with Gasteiger partial charge in [0.1, 0.15) is 0 Å². The molecule has 0 fully saturated rings. The molecule has 0 atom stereocenters. The van der Waals surface area contributed by atoms with E-state index in [4.69, 9.17) is 11.6 Å². The van der Waals surface area contributed by atoms with Crippen molar-refractivity contribution in [1.29, 1.82) is 0 Å². The second-order valence-electron chi connectivity index (χ2n) is 6.53. The Kier molecular flexibility index (Phi) is 5.90. The summed E-state index contributed by atoms with van der Waals surface area (Å²) in [5.41, 5.74) is 1.61. The molecule has 3 aromatic rings. The van der Waals surface area contributed by atoms with Gasteiger partial charge in [-0.25, -0.2) is 4.40 Å². The van der Waals surface area contributed by atoms with Gasteiger partial charge in [0.05, 0.1) is 5.75 Å². The number of halogens is 1. The number of rotatable bonds is 6.